The Kier molecular flexibility index (Phi) is 6.89. The van der Waals surface area contributed by atoms with E-state index in [0.29, 0.717) is 6.04 Å². The average Bonchev–Trinajstić information content (AvgIpc) is 2.43. The first-order valence-electron chi connectivity index (χ1n) is 7.12. The lowest BCUT2D eigenvalue weighted by Gasteiger charge is -2.26. The SMILES string of the molecule is CCC(C)N(C)c1ccc(CNCCOC)c(C)c1. The summed E-state index contributed by atoms with van der Waals surface area (Å²) in [6.45, 7) is 9.22. The number of ether oxygens (including phenoxy) is 1. The normalized spacial score (nSPS) is 12.5. The molecule has 0 spiro atoms. The molecule has 0 aromatic heterocycles. The molecule has 1 rings (SSSR count). The second-order valence-electron chi connectivity index (χ2n) is 5.15. The number of aryl methyl sites for hydroxylation is 1. The molecule has 0 bridgehead atoms. The van der Waals surface area contributed by atoms with Crippen LogP contribution in [0.15, 0.2) is 18.2 Å². The second kappa shape index (κ2) is 8.18. The molecule has 0 radical (unpaired) electrons. The third-order valence-corrected chi connectivity index (χ3v) is 3.78. The van der Waals surface area contributed by atoms with Crippen molar-refractivity contribution in [3.63, 3.8) is 0 Å². The minimum Gasteiger partial charge on any atom is -0.383 e. The standard InChI is InChI=1S/C16H28N2O/c1-6-14(3)18(4)16-8-7-15(13(2)11-16)12-17-9-10-19-5/h7-8,11,14,17H,6,9-10,12H2,1-5H3. The first-order valence-corrected chi connectivity index (χ1v) is 7.12. The van der Waals surface area contributed by atoms with E-state index in [-0.39, 0.29) is 0 Å². The van der Waals surface area contributed by atoms with Gasteiger partial charge in [-0.05, 0) is 43.5 Å². The predicted molar refractivity (Wildman–Crippen MR) is 82.9 cm³/mol. The van der Waals surface area contributed by atoms with Crippen molar-refractivity contribution in [3.8, 4) is 0 Å². The molecule has 1 aromatic carbocycles. The van der Waals surface area contributed by atoms with Crippen LogP contribution in [0.3, 0.4) is 0 Å². The molecular formula is C16H28N2O. The summed E-state index contributed by atoms with van der Waals surface area (Å²) in [4.78, 5) is 2.34. The van der Waals surface area contributed by atoms with Crippen molar-refractivity contribution in [2.75, 3.05) is 32.2 Å². The minimum atomic E-state index is 0.574. The van der Waals surface area contributed by atoms with E-state index >= 15 is 0 Å². The summed E-state index contributed by atoms with van der Waals surface area (Å²) in [7, 11) is 3.89. The summed E-state index contributed by atoms with van der Waals surface area (Å²) in [6, 6.07) is 7.29. The van der Waals surface area contributed by atoms with Crippen LogP contribution in [0.25, 0.3) is 0 Å². The highest BCUT2D eigenvalue weighted by Crippen LogP contribution is 2.20. The summed E-state index contributed by atoms with van der Waals surface area (Å²) >= 11 is 0. The van der Waals surface area contributed by atoms with E-state index in [4.69, 9.17) is 4.74 Å². The Hall–Kier alpha value is -1.06. The molecule has 19 heavy (non-hydrogen) atoms. The number of anilines is 1. The highest BCUT2D eigenvalue weighted by molar-refractivity contribution is 5.50. The molecule has 1 unspecified atom stereocenters. The fraction of sp³-hybridized carbons (Fsp3) is 0.625. The van der Waals surface area contributed by atoms with E-state index in [1.165, 1.54) is 16.8 Å². The first kappa shape index (κ1) is 16.0. The molecule has 1 N–H and O–H groups in total. The Balaban J connectivity index is 2.63. The van der Waals surface area contributed by atoms with E-state index in [0.717, 1.165) is 26.1 Å². The number of methoxy groups -OCH3 is 1. The minimum absolute atomic E-state index is 0.574. The number of benzene rings is 1. The molecule has 0 saturated heterocycles. The molecule has 0 amide bonds. The van der Waals surface area contributed by atoms with Crippen molar-refractivity contribution in [2.24, 2.45) is 0 Å². The Bertz CT molecular complexity index is 379. The van der Waals surface area contributed by atoms with Gasteiger partial charge in [-0.1, -0.05) is 13.0 Å². The van der Waals surface area contributed by atoms with Crippen LogP contribution in [0.2, 0.25) is 0 Å². The van der Waals surface area contributed by atoms with Crippen LogP contribution in [0.5, 0.6) is 0 Å². The van der Waals surface area contributed by atoms with Crippen molar-refractivity contribution in [2.45, 2.75) is 39.8 Å². The maximum atomic E-state index is 5.03. The van der Waals surface area contributed by atoms with Gasteiger partial charge >= 0.3 is 0 Å². The van der Waals surface area contributed by atoms with Gasteiger partial charge in [0.05, 0.1) is 6.61 Å². The molecule has 3 heteroatoms. The zero-order valence-electron chi connectivity index (χ0n) is 13.0. The zero-order chi connectivity index (χ0) is 14.3. The highest BCUT2D eigenvalue weighted by atomic mass is 16.5. The van der Waals surface area contributed by atoms with E-state index in [9.17, 15) is 0 Å². The lowest BCUT2D eigenvalue weighted by molar-refractivity contribution is 0.199. The van der Waals surface area contributed by atoms with Crippen molar-refractivity contribution in [1.82, 2.24) is 5.32 Å². The van der Waals surface area contributed by atoms with Crippen LogP contribution in [-0.2, 0) is 11.3 Å². The fourth-order valence-corrected chi connectivity index (χ4v) is 2.02. The monoisotopic (exact) mass is 264 g/mol. The van der Waals surface area contributed by atoms with Crippen molar-refractivity contribution >= 4 is 5.69 Å². The molecule has 0 aliphatic heterocycles. The largest absolute Gasteiger partial charge is 0.383 e. The number of rotatable bonds is 8. The number of nitrogens with one attached hydrogen (secondary N) is 1. The second-order valence-corrected chi connectivity index (χ2v) is 5.15. The van der Waals surface area contributed by atoms with Crippen molar-refractivity contribution in [1.29, 1.82) is 0 Å². The Morgan fingerprint density at radius 3 is 2.68 bits per heavy atom. The molecular weight excluding hydrogens is 236 g/mol. The van der Waals surface area contributed by atoms with Crippen LogP contribution in [-0.4, -0.2) is 33.4 Å². The summed E-state index contributed by atoms with van der Waals surface area (Å²) < 4.78 is 5.03. The van der Waals surface area contributed by atoms with Crippen LogP contribution in [0.1, 0.15) is 31.4 Å². The number of hydrogen-bond acceptors (Lipinski definition) is 3. The van der Waals surface area contributed by atoms with Gasteiger partial charge in [-0.25, -0.2) is 0 Å². The topological polar surface area (TPSA) is 24.5 Å². The molecule has 3 nitrogen and oxygen atoms in total. The summed E-state index contributed by atoms with van der Waals surface area (Å²) in [5, 5.41) is 3.39. The van der Waals surface area contributed by atoms with Gasteiger partial charge in [-0.2, -0.15) is 0 Å². The van der Waals surface area contributed by atoms with Gasteiger partial charge in [0.1, 0.15) is 0 Å². The highest BCUT2D eigenvalue weighted by Gasteiger charge is 2.09. The molecule has 0 saturated carbocycles. The van der Waals surface area contributed by atoms with Crippen molar-refractivity contribution in [3.05, 3.63) is 29.3 Å². The maximum absolute atomic E-state index is 5.03. The summed E-state index contributed by atoms with van der Waals surface area (Å²) in [5.74, 6) is 0. The van der Waals surface area contributed by atoms with Crippen LogP contribution in [0, 0.1) is 6.92 Å². The maximum Gasteiger partial charge on any atom is 0.0587 e. The number of nitrogens with zero attached hydrogens (tertiary/aromatic N) is 1. The van der Waals surface area contributed by atoms with Crippen LogP contribution in [0.4, 0.5) is 5.69 Å². The zero-order valence-corrected chi connectivity index (χ0v) is 13.0. The van der Waals surface area contributed by atoms with E-state index in [2.05, 4.69) is 56.2 Å². The molecule has 108 valence electrons. The third kappa shape index (κ3) is 4.84. The van der Waals surface area contributed by atoms with Gasteiger partial charge in [0.15, 0.2) is 0 Å². The Morgan fingerprint density at radius 2 is 2.11 bits per heavy atom. The van der Waals surface area contributed by atoms with E-state index in [1.807, 2.05) is 0 Å². The van der Waals surface area contributed by atoms with Gasteiger partial charge in [-0.15, -0.1) is 0 Å². The molecule has 0 fully saturated rings. The average molecular weight is 264 g/mol. The lowest BCUT2D eigenvalue weighted by atomic mass is 10.1. The Morgan fingerprint density at radius 1 is 1.37 bits per heavy atom. The smallest absolute Gasteiger partial charge is 0.0587 e. The summed E-state index contributed by atoms with van der Waals surface area (Å²) in [6.07, 6.45) is 1.16. The molecule has 1 aromatic rings. The number of hydrogen-bond donors (Lipinski definition) is 1. The lowest BCUT2D eigenvalue weighted by Crippen LogP contribution is -2.28. The Labute approximate surface area is 118 Å². The van der Waals surface area contributed by atoms with Crippen LogP contribution < -0.4 is 10.2 Å². The van der Waals surface area contributed by atoms with Crippen molar-refractivity contribution < 1.29 is 4.74 Å². The third-order valence-electron chi connectivity index (χ3n) is 3.78. The molecule has 0 aliphatic carbocycles. The van der Waals surface area contributed by atoms with Gasteiger partial charge < -0.3 is 15.0 Å². The van der Waals surface area contributed by atoms with Gasteiger partial charge in [0.2, 0.25) is 0 Å². The van der Waals surface area contributed by atoms with E-state index < -0.39 is 0 Å². The quantitative estimate of drug-likeness (QED) is 0.731. The van der Waals surface area contributed by atoms with Gasteiger partial charge in [0, 0.05) is 39.0 Å². The van der Waals surface area contributed by atoms with Gasteiger partial charge in [0.25, 0.3) is 0 Å². The molecule has 0 aliphatic rings. The predicted octanol–water partition coefficient (Wildman–Crippen LogP) is 2.97. The summed E-state index contributed by atoms with van der Waals surface area (Å²) in [5.41, 5.74) is 4.00. The van der Waals surface area contributed by atoms with Crippen LogP contribution >= 0.6 is 0 Å². The molecule has 1 atom stereocenters. The van der Waals surface area contributed by atoms with Gasteiger partial charge in [-0.3, -0.25) is 0 Å². The fourth-order valence-electron chi connectivity index (χ4n) is 2.02. The first-order chi connectivity index (χ1) is 9.10. The molecule has 0 heterocycles. The van der Waals surface area contributed by atoms with E-state index in [1.54, 1.807) is 7.11 Å².